The molecule has 2 aliphatic rings. The number of piperazine rings is 1. The van der Waals surface area contributed by atoms with Crippen molar-refractivity contribution in [3.05, 3.63) is 24.2 Å². The minimum Gasteiger partial charge on any atom is -0.468 e. The number of carbonyl (C=O) groups excluding carboxylic acids is 2. The smallest absolute Gasteiger partial charge is 0.317 e. The maximum absolute atomic E-state index is 12.4. The van der Waals surface area contributed by atoms with Gasteiger partial charge in [0.05, 0.1) is 12.3 Å². The first-order valence-electron chi connectivity index (χ1n) is 8.71. The van der Waals surface area contributed by atoms with Crippen molar-refractivity contribution in [3.63, 3.8) is 0 Å². The predicted molar refractivity (Wildman–Crippen MR) is 89.5 cm³/mol. The molecule has 2 saturated heterocycles. The van der Waals surface area contributed by atoms with Crippen LogP contribution in [0.25, 0.3) is 0 Å². The second-order valence-electron chi connectivity index (χ2n) is 6.45. The van der Waals surface area contributed by atoms with Crippen LogP contribution in [0.3, 0.4) is 0 Å². The zero-order valence-electron chi connectivity index (χ0n) is 14.2. The summed E-state index contributed by atoms with van der Waals surface area (Å²) in [6, 6.07) is 3.89. The second-order valence-corrected chi connectivity index (χ2v) is 6.45. The van der Waals surface area contributed by atoms with Crippen LogP contribution in [0.15, 0.2) is 22.8 Å². The fourth-order valence-electron chi connectivity index (χ4n) is 3.46. The molecule has 7 nitrogen and oxygen atoms in total. The van der Waals surface area contributed by atoms with Crippen LogP contribution in [0.1, 0.15) is 31.6 Å². The van der Waals surface area contributed by atoms with Crippen molar-refractivity contribution in [3.8, 4) is 0 Å². The third-order valence-electron chi connectivity index (χ3n) is 4.91. The Hall–Kier alpha value is -2.02. The lowest BCUT2D eigenvalue weighted by Crippen LogP contribution is -2.53. The van der Waals surface area contributed by atoms with Gasteiger partial charge in [0, 0.05) is 39.6 Å². The summed E-state index contributed by atoms with van der Waals surface area (Å²) >= 11 is 0. The molecule has 3 rings (SSSR count). The van der Waals surface area contributed by atoms with E-state index in [2.05, 4.69) is 10.2 Å². The Kier molecular flexibility index (Phi) is 5.40. The van der Waals surface area contributed by atoms with Gasteiger partial charge in [-0.15, -0.1) is 0 Å². The standard InChI is InChI=1S/C17H26N4O3/c1-14(22)19-8-10-21(11-9-19)17(23)18-13-15(16-5-4-12-24-16)20-6-2-3-7-20/h4-5,12,15H,2-3,6-11,13H2,1H3,(H,18,23). The van der Waals surface area contributed by atoms with E-state index < -0.39 is 0 Å². The monoisotopic (exact) mass is 334 g/mol. The number of amides is 3. The molecule has 7 heteroatoms. The molecule has 2 fully saturated rings. The Labute approximate surface area is 142 Å². The minimum absolute atomic E-state index is 0.0612. The fourth-order valence-corrected chi connectivity index (χ4v) is 3.46. The average molecular weight is 334 g/mol. The molecule has 0 radical (unpaired) electrons. The summed E-state index contributed by atoms with van der Waals surface area (Å²) in [4.78, 5) is 29.7. The van der Waals surface area contributed by atoms with Crippen molar-refractivity contribution in [2.24, 2.45) is 0 Å². The SMILES string of the molecule is CC(=O)N1CCN(C(=O)NCC(c2ccco2)N2CCCC2)CC1. The number of rotatable bonds is 4. The Morgan fingerprint density at radius 3 is 2.38 bits per heavy atom. The van der Waals surface area contributed by atoms with Crippen molar-refractivity contribution in [2.45, 2.75) is 25.8 Å². The van der Waals surface area contributed by atoms with Crippen LogP contribution in [0.4, 0.5) is 4.79 Å². The summed E-state index contributed by atoms with van der Waals surface area (Å²) in [6.45, 7) is 6.57. The Morgan fingerprint density at radius 1 is 1.12 bits per heavy atom. The van der Waals surface area contributed by atoms with Crippen molar-refractivity contribution in [2.75, 3.05) is 45.8 Å². The van der Waals surface area contributed by atoms with Crippen LogP contribution in [0.2, 0.25) is 0 Å². The van der Waals surface area contributed by atoms with Crippen LogP contribution in [-0.2, 0) is 4.79 Å². The maximum atomic E-state index is 12.4. The van der Waals surface area contributed by atoms with Crippen LogP contribution in [0, 0.1) is 0 Å². The number of hydrogen-bond donors (Lipinski definition) is 1. The number of hydrogen-bond acceptors (Lipinski definition) is 4. The summed E-state index contributed by atoms with van der Waals surface area (Å²) in [6.07, 6.45) is 4.07. The summed E-state index contributed by atoms with van der Waals surface area (Å²) in [5, 5.41) is 3.04. The van der Waals surface area contributed by atoms with E-state index in [1.54, 1.807) is 23.0 Å². The topological polar surface area (TPSA) is 69.0 Å². The summed E-state index contributed by atoms with van der Waals surface area (Å²) in [5.74, 6) is 0.973. The van der Waals surface area contributed by atoms with Gasteiger partial charge < -0.3 is 19.5 Å². The van der Waals surface area contributed by atoms with E-state index in [0.717, 1.165) is 18.8 Å². The molecule has 3 amide bonds. The van der Waals surface area contributed by atoms with Crippen LogP contribution in [-0.4, -0.2) is 72.5 Å². The third kappa shape index (κ3) is 3.90. The van der Waals surface area contributed by atoms with Crippen molar-refractivity contribution < 1.29 is 14.0 Å². The molecule has 0 spiro atoms. The van der Waals surface area contributed by atoms with E-state index in [9.17, 15) is 9.59 Å². The van der Waals surface area contributed by atoms with Gasteiger partial charge in [-0.05, 0) is 38.1 Å². The Bertz CT molecular complexity index is 546. The van der Waals surface area contributed by atoms with E-state index >= 15 is 0 Å². The molecule has 1 aromatic rings. The molecule has 1 unspecified atom stereocenters. The third-order valence-corrected chi connectivity index (χ3v) is 4.91. The van der Waals surface area contributed by atoms with Crippen molar-refractivity contribution >= 4 is 11.9 Å². The first-order valence-corrected chi connectivity index (χ1v) is 8.71. The predicted octanol–water partition coefficient (Wildman–Crippen LogP) is 1.29. The average Bonchev–Trinajstić information content (AvgIpc) is 3.29. The summed E-state index contributed by atoms with van der Waals surface area (Å²) in [7, 11) is 0. The molecule has 24 heavy (non-hydrogen) atoms. The molecule has 3 heterocycles. The molecule has 132 valence electrons. The first kappa shape index (κ1) is 16.8. The van der Waals surface area contributed by atoms with E-state index in [0.29, 0.717) is 32.7 Å². The molecular weight excluding hydrogens is 308 g/mol. The molecule has 0 aromatic carbocycles. The number of nitrogens with one attached hydrogen (secondary N) is 1. The highest BCUT2D eigenvalue weighted by atomic mass is 16.3. The lowest BCUT2D eigenvalue weighted by molar-refractivity contribution is -0.130. The molecule has 0 saturated carbocycles. The maximum Gasteiger partial charge on any atom is 0.317 e. The summed E-state index contributed by atoms with van der Waals surface area (Å²) < 4.78 is 5.58. The van der Waals surface area contributed by atoms with E-state index in [1.807, 2.05) is 12.1 Å². The minimum atomic E-state index is -0.0612. The molecule has 1 aromatic heterocycles. The molecule has 0 aliphatic carbocycles. The molecule has 1 N–H and O–H groups in total. The number of likely N-dealkylation sites (tertiary alicyclic amines) is 1. The fraction of sp³-hybridized carbons (Fsp3) is 0.647. The molecule has 1 atom stereocenters. The van der Waals surface area contributed by atoms with Gasteiger partial charge in [0.2, 0.25) is 5.91 Å². The Balaban J connectivity index is 1.53. The highest BCUT2D eigenvalue weighted by Gasteiger charge is 2.27. The van der Waals surface area contributed by atoms with Gasteiger partial charge >= 0.3 is 6.03 Å². The van der Waals surface area contributed by atoms with Gasteiger partial charge in [-0.3, -0.25) is 9.69 Å². The second kappa shape index (κ2) is 7.70. The highest BCUT2D eigenvalue weighted by Crippen LogP contribution is 2.24. The first-order chi connectivity index (χ1) is 11.6. The molecular formula is C17H26N4O3. The quantitative estimate of drug-likeness (QED) is 0.901. The molecule has 0 bridgehead atoms. The normalized spacial score (nSPS) is 20.2. The number of urea groups is 1. The largest absolute Gasteiger partial charge is 0.468 e. The van der Waals surface area contributed by atoms with Gasteiger partial charge in [0.25, 0.3) is 0 Å². The zero-order chi connectivity index (χ0) is 16.9. The van der Waals surface area contributed by atoms with Gasteiger partial charge in [-0.1, -0.05) is 0 Å². The zero-order valence-corrected chi connectivity index (χ0v) is 14.2. The highest BCUT2D eigenvalue weighted by molar-refractivity contribution is 5.76. The van der Waals surface area contributed by atoms with E-state index in [1.165, 1.54) is 12.8 Å². The number of nitrogens with zero attached hydrogens (tertiary/aromatic N) is 3. The summed E-state index contributed by atoms with van der Waals surface area (Å²) in [5.41, 5.74) is 0. The van der Waals surface area contributed by atoms with Gasteiger partial charge in [-0.25, -0.2) is 4.79 Å². The number of carbonyl (C=O) groups is 2. The molecule has 2 aliphatic heterocycles. The lowest BCUT2D eigenvalue weighted by atomic mass is 10.2. The van der Waals surface area contributed by atoms with Crippen molar-refractivity contribution in [1.82, 2.24) is 20.0 Å². The van der Waals surface area contributed by atoms with Crippen LogP contribution < -0.4 is 5.32 Å². The van der Waals surface area contributed by atoms with Gasteiger partial charge in [-0.2, -0.15) is 0 Å². The van der Waals surface area contributed by atoms with Crippen LogP contribution >= 0.6 is 0 Å². The number of furan rings is 1. The van der Waals surface area contributed by atoms with Gasteiger partial charge in [0.15, 0.2) is 0 Å². The Morgan fingerprint density at radius 2 is 1.79 bits per heavy atom. The van der Waals surface area contributed by atoms with Crippen LogP contribution in [0.5, 0.6) is 0 Å². The van der Waals surface area contributed by atoms with Gasteiger partial charge in [0.1, 0.15) is 5.76 Å². The van der Waals surface area contributed by atoms with Crippen molar-refractivity contribution in [1.29, 1.82) is 0 Å². The van der Waals surface area contributed by atoms with E-state index in [4.69, 9.17) is 4.42 Å². The lowest BCUT2D eigenvalue weighted by Gasteiger charge is -2.34. The van der Waals surface area contributed by atoms with E-state index in [-0.39, 0.29) is 18.0 Å².